The summed E-state index contributed by atoms with van der Waals surface area (Å²) in [6.45, 7) is 0. The molecular weight excluding hydrogens is 472 g/mol. The van der Waals surface area contributed by atoms with Crippen LogP contribution in [0.4, 0.5) is 38.0 Å². The second-order valence-electron chi connectivity index (χ2n) is 7.00. The van der Waals surface area contributed by atoms with Gasteiger partial charge in [0.05, 0.1) is 11.8 Å². The second-order valence-corrected chi connectivity index (χ2v) is 9.70. The number of nitriles is 1. The van der Waals surface area contributed by atoms with E-state index in [1.165, 1.54) is 18.5 Å². The SMILES string of the molecule is C[SH](O)(Cc1cc(Nc2ncc(F)c(-c3ccc(F)cc3F)n2)cc(C(F)(F)F)c1)=NC#N. The molecule has 1 aromatic heterocycles. The highest BCUT2D eigenvalue weighted by atomic mass is 32.3. The predicted octanol–water partition coefficient (Wildman–Crippen LogP) is 5.48. The Bertz CT molecular complexity index is 1300. The fourth-order valence-corrected chi connectivity index (χ4v) is 4.06. The molecule has 0 radical (unpaired) electrons. The molecule has 3 aromatic rings. The van der Waals surface area contributed by atoms with Crippen molar-refractivity contribution in [2.75, 3.05) is 11.6 Å². The molecule has 0 spiro atoms. The number of hydrogen-bond donors (Lipinski definition) is 3. The summed E-state index contributed by atoms with van der Waals surface area (Å²) in [5, 5.41) is 11.1. The van der Waals surface area contributed by atoms with E-state index in [0.717, 1.165) is 24.3 Å². The molecule has 0 fully saturated rings. The average Bonchev–Trinajstić information content (AvgIpc) is 2.68. The van der Waals surface area contributed by atoms with E-state index >= 15 is 0 Å². The van der Waals surface area contributed by atoms with E-state index in [4.69, 9.17) is 5.26 Å². The second kappa shape index (κ2) is 9.16. The van der Waals surface area contributed by atoms with Gasteiger partial charge in [-0.15, -0.1) is 4.36 Å². The Balaban J connectivity index is 2.03. The third kappa shape index (κ3) is 6.05. The fraction of sp³-hybridized carbons (Fsp3) is 0.150. The van der Waals surface area contributed by atoms with Crippen molar-refractivity contribution in [1.29, 1.82) is 5.26 Å². The van der Waals surface area contributed by atoms with Gasteiger partial charge in [-0.1, -0.05) is 10.1 Å². The lowest BCUT2D eigenvalue weighted by atomic mass is 10.1. The number of alkyl halides is 3. The van der Waals surface area contributed by atoms with Gasteiger partial charge in [-0.25, -0.2) is 23.1 Å². The van der Waals surface area contributed by atoms with E-state index in [-0.39, 0.29) is 28.5 Å². The van der Waals surface area contributed by atoms with Gasteiger partial charge in [0.2, 0.25) is 12.1 Å². The summed E-state index contributed by atoms with van der Waals surface area (Å²) in [4.78, 5) is 7.46. The molecule has 1 heterocycles. The lowest BCUT2D eigenvalue weighted by Crippen LogP contribution is -2.13. The first kappa shape index (κ1) is 24.1. The van der Waals surface area contributed by atoms with Gasteiger partial charge < -0.3 is 9.87 Å². The molecule has 33 heavy (non-hydrogen) atoms. The maximum atomic E-state index is 14.2. The predicted molar refractivity (Wildman–Crippen MR) is 111 cm³/mol. The quantitative estimate of drug-likeness (QED) is 0.252. The zero-order chi connectivity index (χ0) is 24.4. The van der Waals surface area contributed by atoms with Crippen LogP contribution >= 0.6 is 0 Å². The number of aromatic nitrogens is 2. The summed E-state index contributed by atoms with van der Waals surface area (Å²) in [5.41, 5.74) is -2.10. The van der Waals surface area contributed by atoms with Crippen LogP contribution in [0.1, 0.15) is 11.1 Å². The molecule has 3 rings (SSSR count). The molecule has 2 N–H and O–H groups in total. The summed E-state index contributed by atoms with van der Waals surface area (Å²) >= 11 is 0. The van der Waals surface area contributed by atoms with E-state index in [0.29, 0.717) is 12.3 Å². The van der Waals surface area contributed by atoms with Crippen LogP contribution in [0, 0.1) is 28.9 Å². The van der Waals surface area contributed by atoms with Crippen molar-refractivity contribution in [2.24, 2.45) is 4.36 Å². The average molecular weight is 487 g/mol. The normalized spacial score (nSPS) is 12.2. The summed E-state index contributed by atoms with van der Waals surface area (Å²) in [6, 6.07) is 5.19. The van der Waals surface area contributed by atoms with E-state index in [2.05, 4.69) is 19.6 Å². The molecule has 2 aromatic carbocycles. The van der Waals surface area contributed by atoms with Gasteiger partial charge in [-0.05, 0) is 42.2 Å². The zero-order valence-electron chi connectivity index (χ0n) is 16.7. The molecule has 0 saturated heterocycles. The van der Waals surface area contributed by atoms with Gasteiger partial charge in [-0.3, -0.25) is 0 Å². The lowest BCUT2D eigenvalue weighted by Gasteiger charge is -2.18. The van der Waals surface area contributed by atoms with Crippen molar-refractivity contribution >= 4 is 21.7 Å². The standard InChI is InChI=1S/C20H15F6N5OS/c1-33(32,29-10-27)9-11-4-12(20(24,25)26)6-14(5-11)30-19-28-8-17(23)18(31-19)15-3-2-13(21)7-16(15)22/h2-8,33H,9H2,1H3,(H,29,32)(H,28,30,31). The number of nitrogens with zero attached hydrogens (tertiary/aromatic N) is 4. The first-order valence-corrected chi connectivity index (χ1v) is 11.4. The Morgan fingerprint density at radius 3 is 2.48 bits per heavy atom. The van der Waals surface area contributed by atoms with Crippen LogP contribution in [0.15, 0.2) is 47.0 Å². The van der Waals surface area contributed by atoms with Crippen molar-refractivity contribution in [1.82, 2.24) is 9.97 Å². The van der Waals surface area contributed by atoms with Crippen molar-refractivity contribution in [3.05, 3.63) is 71.2 Å². The molecule has 13 heteroatoms. The number of nitrogens with one attached hydrogen (secondary N) is 1. The van der Waals surface area contributed by atoms with Crippen LogP contribution in [0.25, 0.3) is 11.3 Å². The highest BCUT2D eigenvalue weighted by Crippen LogP contribution is 2.34. The summed E-state index contributed by atoms with van der Waals surface area (Å²) in [7, 11) is -3.19. The summed E-state index contributed by atoms with van der Waals surface area (Å²) in [6.07, 6.45) is -1.36. The molecule has 0 atom stereocenters. The molecular formula is C20H15F6N5OS. The molecule has 6 nitrogen and oxygen atoms in total. The lowest BCUT2D eigenvalue weighted by molar-refractivity contribution is -0.137. The monoisotopic (exact) mass is 487 g/mol. The van der Waals surface area contributed by atoms with E-state index < -0.39 is 45.0 Å². The highest BCUT2D eigenvalue weighted by Gasteiger charge is 2.31. The number of rotatable bonds is 5. The van der Waals surface area contributed by atoms with Gasteiger partial charge in [0.15, 0.2) is 5.82 Å². The molecule has 0 aliphatic carbocycles. The van der Waals surface area contributed by atoms with Crippen molar-refractivity contribution < 1.29 is 30.9 Å². The van der Waals surface area contributed by atoms with Gasteiger partial charge in [-0.2, -0.15) is 18.4 Å². The number of thiol groups is 1. The first-order chi connectivity index (χ1) is 15.4. The highest BCUT2D eigenvalue weighted by molar-refractivity contribution is 7.98. The number of anilines is 2. The van der Waals surface area contributed by atoms with Crippen LogP contribution in [0.2, 0.25) is 0 Å². The van der Waals surface area contributed by atoms with E-state index in [1.54, 1.807) is 0 Å². The van der Waals surface area contributed by atoms with Gasteiger partial charge in [0, 0.05) is 23.1 Å². The van der Waals surface area contributed by atoms with Crippen LogP contribution in [-0.2, 0) is 22.0 Å². The Hall–Kier alpha value is -3.50. The Labute approximate surface area is 184 Å². The Morgan fingerprint density at radius 1 is 1.12 bits per heavy atom. The molecule has 0 unspecified atom stereocenters. The van der Waals surface area contributed by atoms with Crippen LogP contribution < -0.4 is 5.32 Å². The minimum absolute atomic E-state index is 0.0246. The van der Waals surface area contributed by atoms with Gasteiger partial charge >= 0.3 is 6.18 Å². The van der Waals surface area contributed by atoms with Crippen LogP contribution in [-0.4, -0.2) is 20.8 Å². The maximum absolute atomic E-state index is 14.2. The third-order valence-electron chi connectivity index (χ3n) is 4.25. The largest absolute Gasteiger partial charge is 0.416 e. The number of benzene rings is 2. The molecule has 174 valence electrons. The zero-order valence-corrected chi connectivity index (χ0v) is 17.6. The first-order valence-electron chi connectivity index (χ1n) is 9.04. The third-order valence-corrected chi connectivity index (χ3v) is 5.73. The smallest absolute Gasteiger partial charge is 0.343 e. The van der Waals surface area contributed by atoms with Crippen LogP contribution in [0.5, 0.6) is 0 Å². The molecule has 0 aliphatic heterocycles. The fourth-order valence-electron chi connectivity index (χ4n) is 2.92. The summed E-state index contributed by atoms with van der Waals surface area (Å²) in [5.74, 6) is -3.68. The summed E-state index contributed by atoms with van der Waals surface area (Å²) < 4.78 is 95.1. The molecule has 0 saturated carbocycles. The Kier molecular flexibility index (Phi) is 6.71. The maximum Gasteiger partial charge on any atom is 0.416 e. The Morgan fingerprint density at radius 2 is 1.85 bits per heavy atom. The van der Waals surface area contributed by atoms with Crippen LogP contribution in [0.3, 0.4) is 0 Å². The molecule has 0 bridgehead atoms. The van der Waals surface area contributed by atoms with Crippen molar-refractivity contribution in [2.45, 2.75) is 11.9 Å². The minimum Gasteiger partial charge on any atom is -0.343 e. The topological polar surface area (TPSA) is 94.2 Å². The van der Waals surface area contributed by atoms with Crippen molar-refractivity contribution in [3.63, 3.8) is 0 Å². The molecule has 0 aliphatic rings. The number of hydrogen-bond acceptors (Lipinski definition) is 5. The minimum atomic E-state index is -4.74. The number of halogens is 6. The van der Waals surface area contributed by atoms with Gasteiger partial charge in [0.25, 0.3) is 0 Å². The van der Waals surface area contributed by atoms with Gasteiger partial charge in [0.1, 0.15) is 17.3 Å². The van der Waals surface area contributed by atoms with E-state index in [9.17, 15) is 30.9 Å². The molecule has 0 amide bonds. The van der Waals surface area contributed by atoms with Crippen molar-refractivity contribution in [3.8, 4) is 17.5 Å². The van der Waals surface area contributed by atoms with E-state index in [1.807, 2.05) is 0 Å².